The Bertz CT molecular complexity index is 359. The summed E-state index contributed by atoms with van der Waals surface area (Å²) in [6, 6.07) is 5.58. The smallest absolute Gasteiger partial charge is 0.142 e. The van der Waals surface area contributed by atoms with Gasteiger partial charge in [-0.2, -0.15) is 0 Å². The highest BCUT2D eigenvalue weighted by molar-refractivity contribution is 5.56. The fourth-order valence-corrected chi connectivity index (χ4v) is 2.44. The van der Waals surface area contributed by atoms with E-state index >= 15 is 0 Å². The molecule has 0 aliphatic heterocycles. The average molecular weight is 235 g/mol. The Morgan fingerprint density at radius 3 is 2.71 bits per heavy atom. The quantitative estimate of drug-likeness (QED) is 0.797. The Balaban J connectivity index is 1.80. The van der Waals surface area contributed by atoms with Gasteiger partial charge in [0.25, 0.3) is 0 Å². The predicted molar refractivity (Wildman–Crippen MR) is 69.5 cm³/mol. The molecule has 2 N–H and O–H groups in total. The molecule has 1 aliphatic carbocycles. The van der Waals surface area contributed by atoms with E-state index in [0.29, 0.717) is 11.4 Å². The van der Waals surface area contributed by atoms with Crippen molar-refractivity contribution in [3.63, 3.8) is 0 Å². The molecule has 3 heteroatoms. The van der Waals surface area contributed by atoms with Crippen LogP contribution in [0.5, 0.6) is 11.5 Å². The van der Waals surface area contributed by atoms with Crippen LogP contribution in [0.2, 0.25) is 0 Å². The lowest BCUT2D eigenvalue weighted by atomic mass is 10.1. The third-order valence-electron chi connectivity index (χ3n) is 3.47. The van der Waals surface area contributed by atoms with Gasteiger partial charge >= 0.3 is 0 Å². The minimum Gasteiger partial charge on any atom is -0.495 e. The van der Waals surface area contributed by atoms with Crippen molar-refractivity contribution in [3.05, 3.63) is 18.2 Å². The molecule has 1 saturated carbocycles. The van der Waals surface area contributed by atoms with E-state index in [2.05, 4.69) is 0 Å². The average Bonchev–Trinajstić information content (AvgIpc) is 2.82. The molecule has 1 aliphatic rings. The van der Waals surface area contributed by atoms with Crippen molar-refractivity contribution in [1.29, 1.82) is 0 Å². The van der Waals surface area contributed by atoms with Gasteiger partial charge in [0.2, 0.25) is 0 Å². The Labute approximate surface area is 103 Å². The number of rotatable bonds is 5. The van der Waals surface area contributed by atoms with Gasteiger partial charge in [0.1, 0.15) is 11.5 Å². The molecule has 0 spiro atoms. The fourth-order valence-electron chi connectivity index (χ4n) is 2.44. The maximum absolute atomic E-state index is 5.82. The van der Waals surface area contributed by atoms with Gasteiger partial charge in [-0.3, -0.25) is 0 Å². The second-order valence-electron chi connectivity index (χ2n) is 4.69. The zero-order valence-corrected chi connectivity index (χ0v) is 10.4. The molecule has 3 nitrogen and oxygen atoms in total. The zero-order chi connectivity index (χ0) is 12.1. The second-order valence-corrected chi connectivity index (χ2v) is 4.69. The lowest BCUT2D eigenvalue weighted by Crippen LogP contribution is -2.04. The van der Waals surface area contributed by atoms with Gasteiger partial charge in [-0.05, 0) is 24.5 Å². The first-order valence-electron chi connectivity index (χ1n) is 6.36. The normalized spacial score (nSPS) is 16.1. The number of hydrogen-bond acceptors (Lipinski definition) is 3. The number of ether oxygens (including phenoxy) is 2. The van der Waals surface area contributed by atoms with Crippen LogP contribution in [0.25, 0.3) is 0 Å². The minimum atomic E-state index is 0.630. The van der Waals surface area contributed by atoms with Crippen molar-refractivity contribution in [3.8, 4) is 11.5 Å². The van der Waals surface area contributed by atoms with E-state index in [1.807, 2.05) is 18.2 Å². The van der Waals surface area contributed by atoms with Crippen LogP contribution in [0, 0.1) is 5.92 Å². The van der Waals surface area contributed by atoms with E-state index in [9.17, 15) is 0 Å². The summed E-state index contributed by atoms with van der Waals surface area (Å²) in [4.78, 5) is 0. The summed E-state index contributed by atoms with van der Waals surface area (Å²) < 4.78 is 10.8. The van der Waals surface area contributed by atoms with Crippen LogP contribution < -0.4 is 15.2 Å². The molecule has 0 unspecified atom stereocenters. The lowest BCUT2D eigenvalue weighted by Gasteiger charge is -2.11. The molecule has 17 heavy (non-hydrogen) atoms. The molecule has 1 aromatic rings. The Kier molecular flexibility index (Phi) is 4.13. The number of nitrogens with two attached hydrogens (primary N) is 1. The molecule has 1 fully saturated rings. The first-order valence-corrected chi connectivity index (χ1v) is 6.36. The highest BCUT2D eigenvalue weighted by Gasteiger charge is 2.14. The van der Waals surface area contributed by atoms with E-state index in [-0.39, 0.29) is 0 Å². The van der Waals surface area contributed by atoms with Crippen molar-refractivity contribution >= 4 is 5.69 Å². The summed E-state index contributed by atoms with van der Waals surface area (Å²) in [5.41, 5.74) is 6.45. The number of methoxy groups -OCH3 is 1. The van der Waals surface area contributed by atoms with Crippen molar-refractivity contribution in [2.45, 2.75) is 32.1 Å². The van der Waals surface area contributed by atoms with Crippen molar-refractivity contribution in [2.24, 2.45) is 5.92 Å². The summed E-state index contributed by atoms with van der Waals surface area (Å²) >= 11 is 0. The summed E-state index contributed by atoms with van der Waals surface area (Å²) in [7, 11) is 1.62. The predicted octanol–water partition coefficient (Wildman–Crippen LogP) is 3.24. The monoisotopic (exact) mass is 235 g/mol. The van der Waals surface area contributed by atoms with Crippen LogP contribution in [0.3, 0.4) is 0 Å². The third kappa shape index (κ3) is 3.29. The molecule has 0 bridgehead atoms. The fraction of sp³-hybridized carbons (Fsp3) is 0.571. The first-order chi connectivity index (χ1) is 8.29. The van der Waals surface area contributed by atoms with E-state index < -0.39 is 0 Å². The van der Waals surface area contributed by atoms with Gasteiger partial charge in [0.15, 0.2) is 0 Å². The highest BCUT2D eigenvalue weighted by atomic mass is 16.5. The van der Waals surface area contributed by atoms with E-state index in [1.54, 1.807) is 7.11 Å². The summed E-state index contributed by atoms with van der Waals surface area (Å²) in [5.74, 6) is 2.40. The summed E-state index contributed by atoms with van der Waals surface area (Å²) in [6.45, 7) is 0.788. The lowest BCUT2D eigenvalue weighted by molar-refractivity contribution is 0.279. The van der Waals surface area contributed by atoms with Crippen molar-refractivity contribution in [1.82, 2.24) is 0 Å². The molecule has 94 valence electrons. The van der Waals surface area contributed by atoms with Crippen LogP contribution in [0.15, 0.2) is 18.2 Å². The molecule has 0 atom stereocenters. The van der Waals surface area contributed by atoms with Crippen LogP contribution in [-0.2, 0) is 0 Å². The van der Waals surface area contributed by atoms with E-state index in [4.69, 9.17) is 15.2 Å². The van der Waals surface area contributed by atoms with E-state index in [1.165, 1.54) is 25.7 Å². The van der Waals surface area contributed by atoms with Crippen LogP contribution in [-0.4, -0.2) is 13.7 Å². The topological polar surface area (TPSA) is 44.5 Å². The second kappa shape index (κ2) is 5.80. The third-order valence-corrected chi connectivity index (χ3v) is 3.47. The molecule has 0 aromatic heterocycles. The molecule has 2 rings (SSSR count). The van der Waals surface area contributed by atoms with Crippen LogP contribution in [0.4, 0.5) is 5.69 Å². The molecule has 0 amide bonds. The maximum atomic E-state index is 5.82. The summed E-state index contributed by atoms with van der Waals surface area (Å²) in [5, 5.41) is 0. The summed E-state index contributed by atoms with van der Waals surface area (Å²) in [6.07, 6.45) is 6.68. The Morgan fingerprint density at radius 1 is 1.29 bits per heavy atom. The van der Waals surface area contributed by atoms with Crippen molar-refractivity contribution in [2.75, 3.05) is 19.5 Å². The number of nitrogen functional groups attached to an aromatic ring is 1. The molecule has 1 aromatic carbocycles. The largest absolute Gasteiger partial charge is 0.495 e. The molecule has 0 heterocycles. The SMILES string of the molecule is COc1ccc(OCCC2CCCC2)cc1N. The van der Waals surface area contributed by atoms with Gasteiger partial charge in [-0.15, -0.1) is 0 Å². The zero-order valence-electron chi connectivity index (χ0n) is 10.4. The highest BCUT2D eigenvalue weighted by Crippen LogP contribution is 2.29. The first kappa shape index (κ1) is 12.1. The Hall–Kier alpha value is -1.38. The molecule has 0 saturated heterocycles. The maximum Gasteiger partial charge on any atom is 0.142 e. The van der Waals surface area contributed by atoms with Crippen LogP contribution in [0.1, 0.15) is 32.1 Å². The van der Waals surface area contributed by atoms with E-state index in [0.717, 1.165) is 24.7 Å². The number of hydrogen-bond donors (Lipinski definition) is 1. The van der Waals surface area contributed by atoms with Gasteiger partial charge in [0, 0.05) is 6.07 Å². The number of benzene rings is 1. The van der Waals surface area contributed by atoms with Gasteiger partial charge in [-0.25, -0.2) is 0 Å². The number of anilines is 1. The minimum absolute atomic E-state index is 0.630. The van der Waals surface area contributed by atoms with Crippen LogP contribution >= 0.6 is 0 Å². The molecular weight excluding hydrogens is 214 g/mol. The molecular formula is C14H21NO2. The van der Waals surface area contributed by atoms with Gasteiger partial charge in [-0.1, -0.05) is 25.7 Å². The Morgan fingerprint density at radius 2 is 2.06 bits per heavy atom. The molecule has 0 radical (unpaired) electrons. The van der Waals surface area contributed by atoms with Crippen molar-refractivity contribution < 1.29 is 9.47 Å². The van der Waals surface area contributed by atoms with Gasteiger partial charge in [0.05, 0.1) is 19.4 Å². The standard InChI is InChI=1S/C14H21NO2/c1-16-14-7-6-12(10-13(14)15)17-9-8-11-4-2-3-5-11/h6-7,10-11H,2-5,8-9,15H2,1H3. The van der Waals surface area contributed by atoms with Gasteiger partial charge < -0.3 is 15.2 Å².